The molecule has 0 amide bonds. The minimum Gasteiger partial charge on any atom is -0.467 e. The summed E-state index contributed by atoms with van der Waals surface area (Å²) in [5.74, 6) is -0.349. The Hall–Kier alpha value is -2.37. The van der Waals surface area contributed by atoms with Crippen molar-refractivity contribution in [1.82, 2.24) is 15.0 Å². The van der Waals surface area contributed by atoms with Crippen molar-refractivity contribution in [3.63, 3.8) is 0 Å². The molecule has 3 rings (SSSR count). The molecule has 20 heavy (non-hydrogen) atoms. The summed E-state index contributed by atoms with van der Waals surface area (Å²) in [4.78, 5) is 24.5. The van der Waals surface area contributed by atoms with Crippen LogP contribution in [-0.4, -0.2) is 27.8 Å². The average molecular weight is 273 g/mol. The number of ketones is 1. The number of halogens is 1. The molecule has 1 aromatic carbocycles. The van der Waals surface area contributed by atoms with E-state index in [-0.39, 0.29) is 24.0 Å². The van der Waals surface area contributed by atoms with E-state index in [2.05, 4.69) is 15.0 Å². The molecule has 0 saturated carbocycles. The fraction of sp³-hybridized carbons (Fsp3) is 0.286. The zero-order valence-electron chi connectivity index (χ0n) is 11.1. The number of aryl methyl sites for hydroxylation is 1. The van der Waals surface area contributed by atoms with E-state index in [9.17, 15) is 9.18 Å². The summed E-state index contributed by atoms with van der Waals surface area (Å²) in [6.07, 6.45) is 0.0692. The molecule has 0 bridgehead atoms. The lowest BCUT2D eigenvalue weighted by Gasteiger charge is -2.10. The number of nitrogens with zero attached hydrogens (tertiary/aromatic N) is 3. The molecule has 0 fully saturated rings. The van der Waals surface area contributed by atoms with Gasteiger partial charge in [0.15, 0.2) is 11.6 Å². The van der Waals surface area contributed by atoms with Gasteiger partial charge in [-0.3, -0.25) is 4.79 Å². The van der Waals surface area contributed by atoms with E-state index in [4.69, 9.17) is 4.74 Å². The Labute approximate surface area is 114 Å². The van der Waals surface area contributed by atoms with Crippen LogP contribution in [-0.2, 0) is 11.2 Å². The van der Waals surface area contributed by atoms with E-state index in [1.165, 1.54) is 13.2 Å². The Morgan fingerprint density at radius 2 is 2.10 bits per heavy atom. The predicted octanol–water partition coefficient (Wildman–Crippen LogP) is 1.58. The third-order valence-corrected chi connectivity index (χ3v) is 3.32. The standard InChI is InChI=1S/C14H12FN3O2/c1-7-16-13(18-14(17-7)20-2)12-8-4-3-5-10(15)9(8)6-11(12)19/h3-5,12H,6H2,1-2H3. The number of fused-ring (bicyclic) bond motifs is 1. The van der Waals surface area contributed by atoms with E-state index in [1.807, 2.05) is 0 Å². The molecule has 0 aliphatic heterocycles. The number of rotatable bonds is 2. The van der Waals surface area contributed by atoms with Crippen molar-refractivity contribution in [2.75, 3.05) is 7.11 Å². The van der Waals surface area contributed by atoms with E-state index in [1.54, 1.807) is 19.1 Å². The third kappa shape index (κ3) is 1.93. The first-order valence-electron chi connectivity index (χ1n) is 6.16. The lowest BCUT2D eigenvalue weighted by atomic mass is 10.00. The normalized spacial score (nSPS) is 17.1. The van der Waals surface area contributed by atoms with E-state index >= 15 is 0 Å². The first-order chi connectivity index (χ1) is 9.60. The number of carbonyl (C=O) groups is 1. The number of aromatic nitrogens is 3. The van der Waals surface area contributed by atoms with E-state index in [0.717, 1.165) is 0 Å². The van der Waals surface area contributed by atoms with Crippen LogP contribution in [0.4, 0.5) is 4.39 Å². The smallest absolute Gasteiger partial charge is 0.319 e. The third-order valence-electron chi connectivity index (χ3n) is 3.32. The predicted molar refractivity (Wildman–Crippen MR) is 68.1 cm³/mol. The number of carbonyl (C=O) groups excluding carboxylic acids is 1. The van der Waals surface area contributed by atoms with Gasteiger partial charge in [-0.1, -0.05) is 12.1 Å². The van der Waals surface area contributed by atoms with Crippen molar-refractivity contribution in [3.8, 4) is 6.01 Å². The highest BCUT2D eigenvalue weighted by Crippen LogP contribution is 2.35. The minimum absolute atomic E-state index is 0.0692. The lowest BCUT2D eigenvalue weighted by molar-refractivity contribution is -0.118. The van der Waals surface area contributed by atoms with Crippen LogP contribution in [0, 0.1) is 12.7 Å². The van der Waals surface area contributed by atoms with Crippen LogP contribution < -0.4 is 4.74 Å². The lowest BCUT2D eigenvalue weighted by Crippen LogP contribution is -2.14. The molecule has 0 N–H and O–H groups in total. The summed E-state index contributed by atoms with van der Waals surface area (Å²) in [7, 11) is 1.45. The number of hydrogen-bond donors (Lipinski definition) is 0. The number of benzene rings is 1. The molecule has 1 unspecified atom stereocenters. The monoisotopic (exact) mass is 273 g/mol. The van der Waals surface area contributed by atoms with Gasteiger partial charge < -0.3 is 4.74 Å². The summed E-state index contributed by atoms with van der Waals surface area (Å²) < 4.78 is 18.7. The maximum absolute atomic E-state index is 13.7. The van der Waals surface area contributed by atoms with Gasteiger partial charge in [-0.2, -0.15) is 9.97 Å². The van der Waals surface area contributed by atoms with Crippen LogP contribution in [0.25, 0.3) is 0 Å². The minimum atomic E-state index is -0.642. The van der Waals surface area contributed by atoms with Crippen molar-refractivity contribution in [2.45, 2.75) is 19.3 Å². The van der Waals surface area contributed by atoms with Crippen LogP contribution >= 0.6 is 0 Å². The van der Waals surface area contributed by atoms with E-state index < -0.39 is 5.92 Å². The maximum atomic E-state index is 13.7. The molecular weight excluding hydrogens is 261 g/mol. The van der Waals surface area contributed by atoms with Gasteiger partial charge in [0, 0.05) is 6.42 Å². The van der Waals surface area contributed by atoms with Gasteiger partial charge in [0.1, 0.15) is 17.6 Å². The Bertz CT molecular complexity index is 703. The van der Waals surface area contributed by atoms with Gasteiger partial charge in [-0.05, 0) is 24.1 Å². The average Bonchev–Trinajstić information content (AvgIpc) is 2.76. The maximum Gasteiger partial charge on any atom is 0.319 e. The van der Waals surface area contributed by atoms with Gasteiger partial charge in [0.2, 0.25) is 0 Å². The van der Waals surface area contributed by atoms with Crippen LogP contribution in [0.3, 0.4) is 0 Å². The second kappa shape index (κ2) is 4.63. The number of methoxy groups -OCH3 is 1. The quantitative estimate of drug-likeness (QED) is 0.831. The zero-order valence-corrected chi connectivity index (χ0v) is 11.1. The highest BCUT2D eigenvalue weighted by molar-refractivity contribution is 5.94. The van der Waals surface area contributed by atoms with Gasteiger partial charge in [0.05, 0.1) is 7.11 Å². The highest BCUT2D eigenvalue weighted by Gasteiger charge is 2.36. The zero-order chi connectivity index (χ0) is 14.3. The van der Waals surface area contributed by atoms with Crippen LogP contribution in [0.5, 0.6) is 6.01 Å². The SMILES string of the molecule is COc1nc(C)nc(C2C(=O)Cc3c(F)cccc32)n1. The molecule has 1 atom stereocenters. The first kappa shape index (κ1) is 12.7. The molecule has 2 aromatic rings. The molecule has 5 nitrogen and oxygen atoms in total. The largest absolute Gasteiger partial charge is 0.467 e. The summed E-state index contributed by atoms with van der Waals surface area (Å²) in [5, 5.41) is 0. The number of Topliss-reactive ketones (excluding diaryl/α,β-unsaturated/α-hetero) is 1. The summed E-state index contributed by atoms with van der Waals surface area (Å²) >= 11 is 0. The van der Waals surface area contributed by atoms with Gasteiger partial charge in [-0.25, -0.2) is 9.37 Å². The van der Waals surface area contributed by atoms with Crippen molar-refractivity contribution in [2.24, 2.45) is 0 Å². The fourth-order valence-electron chi connectivity index (χ4n) is 2.46. The van der Waals surface area contributed by atoms with Crippen molar-refractivity contribution in [1.29, 1.82) is 0 Å². The molecule has 6 heteroatoms. The van der Waals surface area contributed by atoms with Crippen LogP contribution in [0.1, 0.15) is 28.7 Å². The molecule has 0 saturated heterocycles. The molecule has 102 valence electrons. The van der Waals surface area contributed by atoms with Crippen LogP contribution in [0.2, 0.25) is 0 Å². The molecule has 1 heterocycles. The number of hydrogen-bond acceptors (Lipinski definition) is 5. The molecule has 0 spiro atoms. The summed E-state index contributed by atoms with van der Waals surface area (Å²) in [5.41, 5.74) is 1.06. The van der Waals surface area contributed by atoms with E-state index in [0.29, 0.717) is 22.8 Å². The second-order valence-corrected chi connectivity index (χ2v) is 4.61. The Kier molecular flexibility index (Phi) is 2.93. The van der Waals surface area contributed by atoms with Gasteiger partial charge >= 0.3 is 6.01 Å². The van der Waals surface area contributed by atoms with Gasteiger partial charge in [0.25, 0.3) is 0 Å². The number of ether oxygens (including phenoxy) is 1. The Balaban J connectivity index is 2.14. The molecule has 0 radical (unpaired) electrons. The van der Waals surface area contributed by atoms with Crippen molar-refractivity contribution in [3.05, 3.63) is 46.8 Å². The topological polar surface area (TPSA) is 65.0 Å². The molecule has 1 aliphatic carbocycles. The molecule has 1 aliphatic rings. The van der Waals surface area contributed by atoms with Crippen molar-refractivity contribution >= 4 is 5.78 Å². The Morgan fingerprint density at radius 3 is 2.85 bits per heavy atom. The molecule has 1 aromatic heterocycles. The van der Waals surface area contributed by atoms with Gasteiger partial charge in [-0.15, -0.1) is 0 Å². The first-order valence-corrected chi connectivity index (χ1v) is 6.16. The summed E-state index contributed by atoms with van der Waals surface area (Å²) in [6, 6.07) is 4.84. The fourth-order valence-corrected chi connectivity index (χ4v) is 2.46. The Morgan fingerprint density at radius 1 is 1.30 bits per heavy atom. The molecular formula is C14H12FN3O2. The summed E-state index contributed by atoms with van der Waals surface area (Å²) in [6.45, 7) is 1.69. The highest BCUT2D eigenvalue weighted by atomic mass is 19.1. The van der Waals surface area contributed by atoms with Crippen LogP contribution in [0.15, 0.2) is 18.2 Å². The van der Waals surface area contributed by atoms with Crippen molar-refractivity contribution < 1.29 is 13.9 Å². The second-order valence-electron chi connectivity index (χ2n) is 4.61.